The first kappa shape index (κ1) is 35.2. The smallest absolute Gasteiger partial charge is 0.135 e. The number of carbonyl (C=O) groups excluding carboxylic acids is 2. The molecule has 3 nitrogen and oxygen atoms in total. The van der Waals surface area contributed by atoms with E-state index in [0.717, 1.165) is 49.2 Å². The predicted molar refractivity (Wildman–Crippen MR) is 156 cm³/mol. The first-order valence-electron chi connectivity index (χ1n) is 12.9. The highest BCUT2D eigenvalue weighted by molar-refractivity contribution is 6.30. The Balaban J connectivity index is 0. The molecule has 35 heavy (non-hydrogen) atoms. The third kappa shape index (κ3) is 18.0. The summed E-state index contributed by atoms with van der Waals surface area (Å²) in [5, 5.41) is 0.812. The van der Waals surface area contributed by atoms with Gasteiger partial charge in [0.2, 0.25) is 0 Å². The standard InChI is InChI=1S/C16H27NO.C8H9Cl.C7H14O/c1-7-10-16(6,14(5)18)12-13(4)15(9-3)17-11-8-2;1-2-7-3-5-8(9)6-4-7;1-6(2)4-5-7(3)8/h8-9,11,13H,2,7,10,12H2,1,3-6H3;3-6H,2H2,1H3;6H,4-5H2,1-3H3/b15-9-,17-11?;;/t13?,16-;;/m1../s1. The lowest BCUT2D eigenvalue weighted by Gasteiger charge is -2.29. The molecule has 0 N–H and O–H groups in total. The molecule has 0 fully saturated rings. The van der Waals surface area contributed by atoms with Crippen molar-refractivity contribution in [3.63, 3.8) is 0 Å². The molecule has 0 saturated heterocycles. The van der Waals surface area contributed by atoms with Crippen molar-refractivity contribution in [3.8, 4) is 0 Å². The Bertz CT molecular complexity index is 793. The van der Waals surface area contributed by atoms with Crippen molar-refractivity contribution in [2.45, 2.75) is 101 Å². The number of aliphatic imine (C=N–C) groups is 1. The van der Waals surface area contributed by atoms with E-state index in [1.165, 1.54) is 5.56 Å². The SMILES string of the molecule is C=CC=N/C(=C\C)C(C)C[C@@](C)(CCC)C(C)=O.CC(=O)CCC(C)C.CCc1ccc(Cl)cc1. The quantitative estimate of drug-likeness (QED) is 0.266. The summed E-state index contributed by atoms with van der Waals surface area (Å²) in [6, 6.07) is 7.92. The number of benzene rings is 1. The van der Waals surface area contributed by atoms with E-state index >= 15 is 0 Å². The maximum absolute atomic E-state index is 11.8. The molecule has 0 saturated carbocycles. The zero-order valence-corrected chi connectivity index (χ0v) is 24.5. The maximum atomic E-state index is 11.8. The molecule has 4 heteroatoms. The number of aryl methyl sites for hydroxylation is 1. The fourth-order valence-electron chi connectivity index (χ4n) is 3.59. The summed E-state index contributed by atoms with van der Waals surface area (Å²) in [4.78, 5) is 26.6. The molecular formula is C31H50ClNO2. The summed E-state index contributed by atoms with van der Waals surface area (Å²) in [6.45, 7) is 21.7. The van der Waals surface area contributed by atoms with Crippen LogP contribution in [0.15, 0.2) is 53.7 Å². The van der Waals surface area contributed by atoms with E-state index in [9.17, 15) is 9.59 Å². The lowest BCUT2D eigenvalue weighted by molar-refractivity contribution is -0.126. The van der Waals surface area contributed by atoms with Gasteiger partial charge in [0.05, 0.1) is 0 Å². The molecule has 1 rings (SSSR count). The summed E-state index contributed by atoms with van der Waals surface area (Å²) in [7, 11) is 0. The molecule has 0 bridgehead atoms. The molecule has 198 valence electrons. The third-order valence-electron chi connectivity index (χ3n) is 5.93. The van der Waals surface area contributed by atoms with Crippen molar-refractivity contribution < 1.29 is 9.59 Å². The van der Waals surface area contributed by atoms with Crippen LogP contribution in [0.4, 0.5) is 0 Å². The van der Waals surface area contributed by atoms with E-state index in [0.29, 0.717) is 11.7 Å². The first-order chi connectivity index (χ1) is 16.4. The summed E-state index contributed by atoms with van der Waals surface area (Å²) >= 11 is 5.67. The second kappa shape index (κ2) is 20.2. The minimum Gasteiger partial charge on any atom is -0.300 e. The number of halogens is 1. The van der Waals surface area contributed by atoms with Crippen molar-refractivity contribution in [1.82, 2.24) is 0 Å². The van der Waals surface area contributed by atoms with Gasteiger partial charge in [0.1, 0.15) is 11.6 Å². The Morgan fingerprint density at radius 1 is 1.11 bits per heavy atom. The predicted octanol–water partition coefficient (Wildman–Crippen LogP) is 9.48. The Morgan fingerprint density at radius 2 is 1.69 bits per heavy atom. The average Bonchev–Trinajstić information content (AvgIpc) is 2.79. The normalized spacial score (nSPS) is 13.7. The number of carbonyl (C=O) groups is 2. The third-order valence-corrected chi connectivity index (χ3v) is 6.19. The molecule has 0 aliphatic rings. The molecule has 1 aromatic rings. The highest BCUT2D eigenvalue weighted by Crippen LogP contribution is 2.35. The van der Waals surface area contributed by atoms with Crippen LogP contribution in [0.1, 0.15) is 100.0 Å². The number of hydrogen-bond donors (Lipinski definition) is 0. The van der Waals surface area contributed by atoms with Gasteiger partial charge in [-0.05, 0) is 76.0 Å². The minimum atomic E-state index is -0.230. The number of hydrogen-bond acceptors (Lipinski definition) is 3. The lowest BCUT2D eigenvalue weighted by Crippen LogP contribution is -2.28. The summed E-state index contributed by atoms with van der Waals surface area (Å²) in [5.74, 6) is 1.53. The van der Waals surface area contributed by atoms with E-state index in [4.69, 9.17) is 11.6 Å². The van der Waals surface area contributed by atoms with Crippen molar-refractivity contribution in [2.75, 3.05) is 0 Å². The summed E-state index contributed by atoms with van der Waals surface area (Å²) < 4.78 is 0. The van der Waals surface area contributed by atoms with E-state index in [1.54, 1.807) is 26.1 Å². The van der Waals surface area contributed by atoms with Crippen LogP contribution in [-0.2, 0) is 16.0 Å². The molecule has 1 aromatic carbocycles. The molecule has 0 spiro atoms. The van der Waals surface area contributed by atoms with Gasteiger partial charge < -0.3 is 4.79 Å². The number of nitrogens with zero attached hydrogens (tertiary/aromatic N) is 1. The zero-order chi connectivity index (χ0) is 27.4. The van der Waals surface area contributed by atoms with Gasteiger partial charge in [0.15, 0.2) is 0 Å². The van der Waals surface area contributed by atoms with Crippen molar-refractivity contribution in [2.24, 2.45) is 22.2 Å². The van der Waals surface area contributed by atoms with Crippen LogP contribution in [-0.4, -0.2) is 17.8 Å². The molecule has 1 unspecified atom stereocenters. The van der Waals surface area contributed by atoms with Crippen molar-refractivity contribution >= 4 is 29.4 Å². The Hall–Kier alpha value is -2.00. The van der Waals surface area contributed by atoms with Crippen LogP contribution in [0.2, 0.25) is 5.02 Å². The van der Waals surface area contributed by atoms with Gasteiger partial charge in [-0.1, -0.05) is 90.4 Å². The van der Waals surface area contributed by atoms with Crippen LogP contribution in [0.5, 0.6) is 0 Å². The fourth-order valence-corrected chi connectivity index (χ4v) is 3.72. The van der Waals surface area contributed by atoms with Gasteiger partial charge in [0.25, 0.3) is 0 Å². The number of Topliss-reactive ketones (excluding diaryl/α,β-unsaturated/α-hetero) is 2. The van der Waals surface area contributed by atoms with Gasteiger partial charge >= 0.3 is 0 Å². The Labute approximate surface area is 221 Å². The van der Waals surface area contributed by atoms with E-state index in [-0.39, 0.29) is 17.1 Å². The second-order valence-electron chi connectivity index (χ2n) is 9.81. The number of rotatable bonds is 12. The molecule has 0 aliphatic carbocycles. The summed E-state index contributed by atoms with van der Waals surface area (Å²) in [6.07, 6.45) is 11.1. The fraction of sp³-hybridized carbons (Fsp3) is 0.581. The van der Waals surface area contributed by atoms with Gasteiger partial charge in [-0.25, -0.2) is 0 Å². The van der Waals surface area contributed by atoms with Crippen LogP contribution in [0.3, 0.4) is 0 Å². The molecule has 0 heterocycles. The molecule has 0 amide bonds. The molecular weight excluding hydrogens is 454 g/mol. The van der Waals surface area contributed by atoms with E-state index in [1.807, 2.05) is 37.3 Å². The maximum Gasteiger partial charge on any atom is 0.135 e. The monoisotopic (exact) mass is 503 g/mol. The van der Waals surface area contributed by atoms with E-state index in [2.05, 4.69) is 53.1 Å². The van der Waals surface area contributed by atoms with Gasteiger partial charge in [-0.15, -0.1) is 0 Å². The van der Waals surface area contributed by atoms with E-state index < -0.39 is 0 Å². The number of allylic oxidation sites excluding steroid dienone is 3. The zero-order valence-electron chi connectivity index (χ0n) is 23.8. The van der Waals surface area contributed by atoms with Crippen LogP contribution < -0.4 is 0 Å². The molecule has 0 aromatic heterocycles. The lowest BCUT2D eigenvalue weighted by atomic mass is 9.74. The second-order valence-corrected chi connectivity index (χ2v) is 10.3. The summed E-state index contributed by atoms with van der Waals surface area (Å²) in [5.41, 5.74) is 2.13. The molecule has 0 aliphatic heterocycles. The number of ketones is 2. The average molecular weight is 504 g/mol. The van der Waals surface area contributed by atoms with Crippen LogP contribution in [0.25, 0.3) is 0 Å². The largest absolute Gasteiger partial charge is 0.300 e. The molecule has 0 radical (unpaired) electrons. The van der Waals surface area contributed by atoms with Gasteiger partial charge in [-0.2, -0.15) is 0 Å². The highest BCUT2D eigenvalue weighted by Gasteiger charge is 2.31. The highest BCUT2D eigenvalue weighted by atomic mass is 35.5. The van der Waals surface area contributed by atoms with Gasteiger partial charge in [-0.3, -0.25) is 9.79 Å². The minimum absolute atomic E-state index is 0.230. The molecule has 2 atom stereocenters. The Kier molecular flexibility index (Phi) is 20.3. The Morgan fingerprint density at radius 3 is 2.03 bits per heavy atom. The van der Waals surface area contributed by atoms with Crippen molar-refractivity contribution in [3.05, 3.63) is 59.3 Å². The topological polar surface area (TPSA) is 46.5 Å². The van der Waals surface area contributed by atoms with Gasteiger partial charge in [0, 0.05) is 28.8 Å². The van der Waals surface area contributed by atoms with Crippen molar-refractivity contribution in [1.29, 1.82) is 0 Å². The van der Waals surface area contributed by atoms with Crippen LogP contribution >= 0.6 is 11.6 Å². The first-order valence-corrected chi connectivity index (χ1v) is 13.3. The van der Waals surface area contributed by atoms with Crippen LogP contribution in [0, 0.1) is 17.3 Å².